The molecule has 0 amide bonds. The van der Waals surface area contributed by atoms with Crippen LogP contribution in [0.4, 0.5) is 0 Å². The second-order valence-corrected chi connectivity index (χ2v) is 5.67. The molecular weight excluding hydrogens is 262 g/mol. The van der Waals surface area contributed by atoms with E-state index >= 15 is 0 Å². The van der Waals surface area contributed by atoms with Crippen molar-refractivity contribution >= 4 is 0 Å². The Labute approximate surface area is 125 Å². The zero-order valence-electron chi connectivity index (χ0n) is 12.3. The van der Waals surface area contributed by atoms with Crippen molar-refractivity contribution in [2.75, 3.05) is 26.7 Å². The summed E-state index contributed by atoms with van der Waals surface area (Å²) in [5, 5.41) is 9.34. The predicted molar refractivity (Wildman–Crippen MR) is 83.0 cm³/mol. The Morgan fingerprint density at radius 1 is 1.14 bits per heavy atom. The number of rotatable bonds is 3. The van der Waals surface area contributed by atoms with Crippen molar-refractivity contribution in [3.63, 3.8) is 0 Å². The van der Waals surface area contributed by atoms with Gasteiger partial charge in [-0.1, -0.05) is 30.3 Å². The van der Waals surface area contributed by atoms with Crippen LogP contribution in [0.25, 0.3) is 0 Å². The standard InChI is InChI=1S/C17H21N3O/c1-19-9-10-20(12-15-7-8-16(21)11-18-15)17(13-19)14-5-3-2-4-6-14/h2-8,11,17,21H,9-10,12-13H2,1H3. The Kier molecular flexibility index (Phi) is 4.18. The number of hydrogen-bond acceptors (Lipinski definition) is 4. The number of likely N-dealkylation sites (N-methyl/N-ethyl adjacent to an activating group) is 1. The summed E-state index contributed by atoms with van der Waals surface area (Å²) in [7, 11) is 2.17. The maximum atomic E-state index is 9.34. The van der Waals surface area contributed by atoms with Crippen LogP contribution in [0.3, 0.4) is 0 Å². The highest BCUT2D eigenvalue weighted by Crippen LogP contribution is 2.26. The van der Waals surface area contributed by atoms with Crippen LogP contribution in [0.1, 0.15) is 17.3 Å². The maximum absolute atomic E-state index is 9.34. The number of aromatic hydroxyl groups is 1. The highest BCUT2D eigenvalue weighted by atomic mass is 16.3. The van der Waals surface area contributed by atoms with E-state index in [1.165, 1.54) is 11.8 Å². The molecule has 1 aromatic carbocycles. The Balaban J connectivity index is 1.79. The molecule has 3 rings (SSSR count). The van der Waals surface area contributed by atoms with E-state index in [1.807, 2.05) is 6.07 Å². The van der Waals surface area contributed by atoms with E-state index in [9.17, 15) is 5.11 Å². The van der Waals surface area contributed by atoms with E-state index < -0.39 is 0 Å². The van der Waals surface area contributed by atoms with Gasteiger partial charge >= 0.3 is 0 Å². The molecule has 21 heavy (non-hydrogen) atoms. The number of piperazine rings is 1. The molecule has 1 saturated heterocycles. The molecule has 4 nitrogen and oxygen atoms in total. The summed E-state index contributed by atoms with van der Waals surface area (Å²) >= 11 is 0. The number of benzene rings is 1. The normalized spacial score (nSPS) is 20.5. The quantitative estimate of drug-likeness (QED) is 0.938. The Morgan fingerprint density at radius 2 is 1.95 bits per heavy atom. The van der Waals surface area contributed by atoms with Crippen LogP contribution in [0.2, 0.25) is 0 Å². The molecule has 0 spiro atoms. The average molecular weight is 283 g/mol. The molecule has 1 aromatic heterocycles. The van der Waals surface area contributed by atoms with Gasteiger partial charge in [-0.05, 0) is 24.7 Å². The van der Waals surface area contributed by atoms with Gasteiger partial charge in [0, 0.05) is 32.2 Å². The van der Waals surface area contributed by atoms with E-state index in [0.29, 0.717) is 6.04 Å². The van der Waals surface area contributed by atoms with Crippen molar-refractivity contribution in [2.45, 2.75) is 12.6 Å². The van der Waals surface area contributed by atoms with Crippen LogP contribution in [0.15, 0.2) is 48.7 Å². The smallest absolute Gasteiger partial charge is 0.133 e. The van der Waals surface area contributed by atoms with Gasteiger partial charge in [0.1, 0.15) is 5.75 Å². The zero-order valence-corrected chi connectivity index (χ0v) is 12.3. The third-order valence-corrected chi connectivity index (χ3v) is 4.05. The van der Waals surface area contributed by atoms with Gasteiger partial charge in [-0.15, -0.1) is 0 Å². The van der Waals surface area contributed by atoms with E-state index in [0.717, 1.165) is 31.9 Å². The summed E-state index contributed by atoms with van der Waals surface area (Å²) < 4.78 is 0. The van der Waals surface area contributed by atoms with Gasteiger partial charge < -0.3 is 10.0 Å². The summed E-state index contributed by atoms with van der Waals surface area (Å²) in [6.45, 7) is 3.94. The molecule has 1 atom stereocenters. The van der Waals surface area contributed by atoms with Crippen molar-refractivity contribution in [3.8, 4) is 5.75 Å². The summed E-state index contributed by atoms with van der Waals surface area (Å²) in [5.74, 6) is 0.219. The Hall–Kier alpha value is -1.91. The summed E-state index contributed by atoms with van der Waals surface area (Å²) in [5.41, 5.74) is 2.35. The molecule has 1 N–H and O–H groups in total. The molecule has 1 unspecified atom stereocenters. The number of aromatic nitrogens is 1. The predicted octanol–water partition coefficient (Wildman–Crippen LogP) is 2.28. The summed E-state index contributed by atoms with van der Waals surface area (Å²) in [6.07, 6.45) is 1.52. The lowest BCUT2D eigenvalue weighted by Crippen LogP contribution is -2.46. The molecule has 1 aliphatic heterocycles. The molecule has 0 aliphatic carbocycles. The summed E-state index contributed by atoms with van der Waals surface area (Å²) in [4.78, 5) is 9.15. The van der Waals surface area contributed by atoms with Gasteiger partial charge in [0.15, 0.2) is 0 Å². The molecule has 4 heteroatoms. The van der Waals surface area contributed by atoms with Crippen LogP contribution in [-0.2, 0) is 6.54 Å². The van der Waals surface area contributed by atoms with E-state index in [-0.39, 0.29) is 5.75 Å². The van der Waals surface area contributed by atoms with Crippen LogP contribution in [0.5, 0.6) is 5.75 Å². The number of hydrogen-bond donors (Lipinski definition) is 1. The lowest BCUT2D eigenvalue weighted by molar-refractivity contribution is 0.0822. The first-order chi connectivity index (χ1) is 10.2. The number of nitrogens with zero attached hydrogens (tertiary/aromatic N) is 3. The van der Waals surface area contributed by atoms with Crippen molar-refractivity contribution in [3.05, 3.63) is 59.9 Å². The molecular formula is C17H21N3O. The van der Waals surface area contributed by atoms with Gasteiger partial charge in [-0.3, -0.25) is 9.88 Å². The largest absolute Gasteiger partial charge is 0.506 e. The molecule has 2 aromatic rings. The maximum Gasteiger partial charge on any atom is 0.133 e. The zero-order chi connectivity index (χ0) is 14.7. The first kappa shape index (κ1) is 14.0. The second-order valence-electron chi connectivity index (χ2n) is 5.67. The minimum absolute atomic E-state index is 0.219. The molecule has 110 valence electrons. The van der Waals surface area contributed by atoms with Crippen molar-refractivity contribution in [2.24, 2.45) is 0 Å². The third-order valence-electron chi connectivity index (χ3n) is 4.05. The fourth-order valence-corrected chi connectivity index (χ4v) is 2.86. The highest BCUT2D eigenvalue weighted by Gasteiger charge is 2.26. The van der Waals surface area contributed by atoms with Gasteiger partial charge in [0.2, 0.25) is 0 Å². The molecule has 0 radical (unpaired) electrons. The van der Waals surface area contributed by atoms with E-state index in [1.54, 1.807) is 6.07 Å². The monoisotopic (exact) mass is 283 g/mol. The SMILES string of the molecule is CN1CCN(Cc2ccc(O)cn2)C(c2ccccc2)C1. The van der Waals surface area contributed by atoms with Gasteiger partial charge in [-0.2, -0.15) is 0 Å². The van der Waals surface area contributed by atoms with Crippen LogP contribution in [-0.4, -0.2) is 46.6 Å². The van der Waals surface area contributed by atoms with Crippen molar-refractivity contribution < 1.29 is 5.11 Å². The Morgan fingerprint density at radius 3 is 2.67 bits per heavy atom. The molecule has 0 bridgehead atoms. The van der Waals surface area contributed by atoms with E-state index in [4.69, 9.17) is 0 Å². The lowest BCUT2D eigenvalue weighted by atomic mass is 10.0. The average Bonchev–Trinajstić information content (AvgIpc) is 2.52. The van der Waals surface area contributed by atoms with E-state index in [2.05, 4.69) is 52.2 Å². The van der Waals surface area contributed by atoms with Gasteiger partial charge in [0.05, 0.1) is 11.9 Å². The minimum Gasteiger partial charge on any atom is -0.506 e. The lowest BCUT2D eigenvalue weighted by Gasteiger charge is -2.40. The second kappa shape index (κ2) is 6.24. The van der Waals surface area contributed by atoms with Gasteiger partial charge in [-0.25, -0.2) is 0 Å². The molecule has 2 heterocycles. The van der Waals surface area contributed by atoms with Crippen LogP contribution in [0, 0.1) is 0 Å². The van der Waals surface area contributed by atoms with Crippen LogP contribution < -0.4 is 0 Å². The van der Waals surface area contributed by atoms with Gasteiger partial charge in [0.25, 0.3) is 0 Å². The molecule has 0 saturated carbocycles. The molecule has 1 aliphatic rings. The summed E-state index contributed by atoms with van der Waals surface area (Å²) in [6, 6.07) is 14.6. The fourth-order valence-electron chi connectivity index (χ4n) is 2.86. The van der Waals surface area contributed by atoms with Crippen LogP contribution >= 0.6 is 0 Å². The number of pyridine rings is 1. The fraction of sp³-hybridized carbons (Fsp3) is 0.353. The first-order valence-electron chi connectivity index (χ1n) is 7.34. The Bertz CT molecular complexity index is 570. The highest BCUT2D eigenvalue weighted by molar-refractivity contribution is 5.21. The first-order valence-corrected chi connectivity index (χ1v) is 7.34. The van der Waals surface area contributed by atoms with Crippen molar-refractivity contribution in [1.29, 1.82) is 0 Å². The molecule has 1 fully saturated rings. The minimum atomic E-state index is 0.219. The van der Waals surface area contributed by atoms with Crippen molar-refractivity contribution in [1.82, 2.24) is 14.8 Å². The topological polar surface area (TPSA) is 39.6 Å². The third kappa shape index (κ3) is 3.40.